The highest BCUT2D eigenvalue weighted by molar-refractivity contribution is 7.90. The number of aromatic nitrogens is 1. The quantitative estimate of drug-likeness (QED) is 0.180. The predicted octanol–water partition coefficient (Wildman–Crippen LogP) is 7.06. The van der Waals surface area contributed by atoms with Gasteiger partial charge in [-0.15, -0.1) is 0 Å². The van der Waals surface area contributed by atoms with Gasteiger partial charge in [-0.25, -0.2) is 12.4 Å². The second-order valence-corrected chi connectivity index (χ2v) is 19.9. The van der Waals surface area contributed by atoms with E-state index in [4.69, 9.17) is 23.4 Å². The molecule has 0 bridgehead atoms. The van der Waals surface area contributed by atoms with E-state index in [1.165, 1.54) is 3.97 Å². The zero-order valence-electron chi connectivity index (χ0n) is 26.6. The minimum Gasteiger partial charge on any atom is -0.409 e. The first-order valence-electron chi connectivity index (χ1n) is 15.6. The molecule has 3 heterocycles. The molecule has 2 fully saturated rings. The number of rotatable bonds is 9. The molecule has 5 atom stereocenters. The van der Waals surface area contributed by atoms with Crippen molar-refractivity contribution in [3.63, 3.8) is 0 Å². The summed E-state index contributed by atoms with van der Waals surface area (Å²) in [6.45, 7) is 11.8. The number of fused-ring (bicyclic) bond motifs is 2. The van der Waals surface area contributed by atoms with Crippen molar-refractivity contribution >= 4 is 29.2 Å². The van der Waals surface area contributed by atoms with Gasteiger partial charge in [0.25, 0.3) is 10.0 Å². The summed E-state index contributed by atoms with van der Waals surface area (Å²) in [5.41, 5.74) is 2.50. The Balaban J connectivity index is 1.20. The van der Waals surface area contributed by atoms with E-state index in [9.17, 15) is 8.42 Å². The molecule has 6 rings (SSSR count). The van der Waals surface area contributed by atoms with Crippen molar-refractivity contribution in [1.82, 2.24) is 3.97 Å². The fourth-order valence-electron chi connectivity index (χ4n) is 5.71. The zero-order chi connectivity index (χ0) is 31.8. The number of nitrogens with zero attached hydrogens (tertiary/aromatic N) is 1. The number of para-hydroxylation sites is 1. The summed E-state index contributed by atoms with van der Waals surface area (Å²) in [6, 6.07) is 26.0. The third-order valence-electron chi connectivity index (χ3n) is 9.24. The van der Waals surface area contributed by atoms with Crippen LogP contribution in [0.2, 0.25) is 18.1 Å². The fraction of sp³-hybridized carbons (Fsp3) is 0.429. The van der Waals surface area contributed by atoms with E-state index in [0.717, 1.165) is 16.5 Å². The first-order chi connectivity index (χ1) is 21.4. The summed E-state index contributed by atoms with van der Waals surface area (Å²) < 4.78 is 60.9. The molecule has 2 saturated heterocycles. The lowest BCUT2D eigenvalue weighted by Gasteiger charge is -2.48. The Morgan fingerprint density at radius 1 is 0.889 bits per heavy atom. The zero-order valence-corrected chi connectivity index (χ0v) is 28.4. The molecule has 0 N–H and O–H groups in total. The van der Waals surface area contributed by atoms with Gasteiger partial charge in [-0.1, -0.05) is 87.5 Å². The Hall–Kier alpha value is -2.83. The van der Waals surface area contributed by atoms with Gasteiger partial charge in [0.15, 0.2) is 20.9 Å². The van der Waals surface area contributed by atoms with Gasteiger partial charge < -0.3 is 23.4 Å². The van der Waals surface area contributed by atoms with Crippen molar-refractivity contribution in [2.45, 2.75) is 87.5 Å². The highest BCUT2D eigenvalue weighted by Gasteiger charge is 2.48. The molecule has 1 aromatic heterocycles. The molecular formula is C35H43NO7SSi. The fourth-order valence-corrected chi connectivity index (χ4v) is 8.44. The Labute approximate surface area is 267 Å². The average Bonchev–Trinajstić information content (AvgIpc) is 3.40. The van der Waals surface area contributed by atoms with Crippen molar-refractivity contribution in [3.8, 4) is 0 Å². The molecule has 0 aliphatic carbocycles. The van der Waals surface area contributed by atoms with Crippen molar-refractivity contribution in [2.24, 2.45) is 0 Å². The molecule has 4 aromatic rings. The van der Waals surface area contributed by atoms with Gasteiger partial charge in [0, 0.05) is 23.6 Å². The minimum atomic E-state index is -3.76. The maximum atomic E-state index is 13.6. The third-order valence-corrected chi connectivity index (χ3v) is 15.4. The number of hydrogen-bond acceptors (Lipinski definition) is 7. The number of benzene rings is 3. The van der Waals surface area contributed by atoms with Gasteiger partial charge >= 0.3 is 0 Å². The van der Waals surface area contributed by atoms with Gasteiger partial charge in [0.2, 0.25) is 0 Å². The lowest BCUT2D eigenvalue weighted by molar-refractivity contribution is -0.334. The van der Waals surface area contributed by atoms with E-state index in [2.05, 4.69) is 33.9 Å². The van der Waals surface area contributed by atoms with E-state index in [1.54, 1.807) is 36.5 Å². The first-order valence-corrected chi connectivity index (χ1v) is 20.0. The summed E-state index contributed by atoms with van der Waals surface area (Å²) in [4.78, 5) is 0.246. The van der Waals surface area contributed by atoms with Gasteiger partial charge in [-0.3, -0.25) is 0 Å². The summed E-state index contributed by atoms with van der Waals surface area (Å²) in [6.07, 6.45) is 0.983. The Bertz CT molecular complexity index is 1700. The van der Waals surface area contributed by atoms with Crippen LogP contribution >= 0.6 is 0 Å². The molecule has 0 radical (unpaired) electrons. The normalized spacial score (nSPS) is 24.4. The van der Waals surface area contributed by atoms with Crippen LogP contribution in [0.4, 0.5) is 0 Å². The number of ether oxygens (including phenoxy) is 4. The van der Waals surface area contributed by atoms with Crippen LogP contribution in [0.25, 0.3) is 10.9 Å². The van der Waals surface area contributed by atoms with E-state index in [0.29, 0.717) is 31.6 Å². The molecule has 240 valence electrons. The van der Waals surface area contributed by atoms with Crippen LogP contribution in [-0.4, -0.2) is 58.5 Å². The molecule has 1 unspecified atom stereocenters. The summed E-state index contributed by atoms with van der Waals surface area (Å²) in [5.74, 6) is 0. The first kappa shape index (κ1) is 32.1. The van der Waals surface area contributed by atoms with E-state index in [1.807, 2.05) is 54.6 Å². The van der Waals surface area contributed by atoms with Gasteiger partial charge in [-0.05, 0) is 48.3 Å². The highest BCUT2D eigenvalue weighted by Crippen LogP contribution is 2.41. The smallest absolute Gasteiger partial charge is 0.268 e. The Kier molecular flexibility index (Phi) is 9.10. The predicted molar refractivity (Wildman–Crippen MR) is 176 cm³/mol. The second kappa shape index (κ2) is 12.8. The van der Waals surface area contributed by atoms with Crippen LogP contribution in [0.15, 0.2) is 96.0 Å². The summed E-state index contributed by atoms with van der Waals surface area (Å²) in [7, 11) is -5.94. The molecule has 0 amide bonds. The monoisotopic (exact) mass is 649 g/mol. The maximum Gasteiger partial charge on any atom is 0.268 e. The van der Waals surface area contributed by atoms with Crippen LogP contribution in [0, 0.1) is 0 Å². The van der Waals surface area contributed by atoms with Crippen molar-refractivity contribution < 1.29 is 31.8 Å². The molecule has 2 aliphatic heterocycles. The van der Waals surface area contributed by atoms with Crippen LogP contribution in [-0.2, 0) is 39.8 Å². The van der Waals surface area contributed by atoms with Gasteiger partial charge in [-0.2, -0.15) is 0 Å². The largest absolute Gasteiger partial charge is 0.409 e. The van der Waals surface area contributed by atoms with E-state index < -0.39 is 30.9 Å². The minimum absolute atomic E-state index is 0.00355. The molecule has 45 heavy (non-hydrogen) atoms. The molecule has 0 spiro atoms. The van der Waals surface area contributed by atoms with E-state index >= 15 is 0 Å². The standard InChI is InChI=1S/C35H43NO7SSi/c1-35(2,3)45(4,5)43-31-22-30-32(24-40-33(41-30)25-14-8-6-9-15-25)42-34(31)39-21-20-26-23-36(29-19-13-12-18-28(26)29)44(37,38)27-16-10-7-11-17-27/h6-19,23,30-34H,20-22,24H2,1-5H3/t30-,31-,32-,33?,34-/m1/s1. The van der Waals surface area contributed by atoms with Crippen molar-refractivity contribution in [2.75, 3.05) is 13.2 Å². The average molecular weight is 650 g/mol. The summed E-state index contributed by atoms with van der Waals surface area (Å²) >= 11 is 0. The van der Waals surface area contributed by atoms with Crippen LogP contribution in [0.1, 0.15) is 44.6 Å². The third kappa shape index (κ3) is 6.69. The van der Waals surface area contributed by atoms with Crippen LogP contribution in [0.3, 0.4) is 0 Å². The lowest BCUT2D eigenvalue weighted by atomic mass is 10.0. The Morgan fingerprint density at radius 2 is 1.56 bits per heavy atom. The highest BCUT2D eigenvalue weighted by atomic mass is 32.2. The topological polar surface area (TPSA) is 85.2 Å². The maximum absolute atomic E-state index is 13.6. The van der Waals surface area contributed by atoms with Crippen molar-refractivity contribution in [1.29, 1.82) is 0 Å². The van der Waals surface area contributed by atoms with Crippen LogP contribution < -0.4 is 0 Å². The second-order valence-electron chi connectivity index (χ2n) is 13.4. The molecule has 2 aliphatic rings. The van der Waals surface area contributed by atoms with Crippen LogP contribution in [0.5, 0.6) is 0 Å². The molecule has 10 heteroatoms. The lowest BCUT2D eigenvalue weighted by Crippen LogP contribution is -2.57. The molecule has 8 nitrogen and oxygen atoms in total. The van der Waals surface area contributed by atoms with Gasteiger partial charge in [0.05, 0.1) is 35.8 Å². The van der Waals surface area contributed by atoms with Gasteiger partial charge in [0.1, 0.15) is 6.10 Å². The molecule has 3 aromatic carbocycles. The van der Waals surface area contributed by atoms with E-state index in [-0.39, 0.29) is 28.2 Å². The van der Waals surface area contributed by atoms with Crippen molar-refractivity contribution in [3.05, 3.63) is 102 Å². The molecular weight excluding hydrogens is 607 g/mol. The summed E-state index contributed by atoms with van der Waals surface area (Å²) in [5, 5.41) is 0.879. The Morgan fingerprint density at radius 3 is 2.27 bits per heavy atom. The SMILES string of the molecule is CC(C)(C)[Si](C)(C)O[C@@H]1C[C@H]2OC(c3ccccc3)OC[C@H]2O[C@H]1OCCc1cn(S(=O)(=O)c2ccccc2)c2ccccc12. The number of hydrogen-bond donors (Lipinski definition) is 0. The molecule has 0 saturated carbocycles.